The number of amides is 1. The highest BCUT2D eigenvalue weighted by molar-refractivity contribution is 6.07. The van der Waals surface area contributed by atoms with Crippen molar-refractivity contribution >= 4 is 28.4 Å². The van der Waals surface area contributed by atoms with Crippen LogP contribution in [0.1, 0.15) is 65.8 Å². The lowest BCUT2D eigenvalue weighted by atomic mass is 9.92. The Hall–Kier alpha value is -3.45. The predicted octanol–water partition coefficient (Wildman–Crippen LogP) is 4.64. The van der Waals surface area contributed by atoms with E-state index < -0.39 is 6.04 Å². The van der Waals surface area contributed by atoms with E-state index in [0.29, 0.717) is 30.7 Å². The maximum Gasteiger partial charge on any atom is 0.255 e. The van der Waals surface area contributed by atoms with Crippen molar-refractivity contribution in [2.75, 3.05) is 13.1 Å². The minimum absolute atomic E-state index is 0.0473. The molecule has 7 heteroatoms. The van der Waals surface area contributed by atoms with Crippen LogP contribution in [-0.4, -0.2) is 46.4 Å². The molecule has 2 fully saturated rings. The lowest BCUT2D eigenvalue weighted by Crippen LogP contribution is -2.44. The Morgan fingerprint density at radius 1 is 1.00 bits per heavy atom. The monoisotopic (exact) mass is 486 g/mol. The van der Waals surface area contributed by atoms with Gasteiger partial charge in [-0.1, -0.05) is 24.6 Å². The smallest absolute Gasteiger partial charge is 0.255 e. The van der Waals surface area contributed by atoms with Gasteiger partial charge in [-0.05, 0) is 62.2 Å². The Morgan fingerprint density at radius 2 is 1.86 bits per heavy atom. The fourth-order valence-corrected chi connectivity index (χ4v) is 5.73. The SMILES string of the molecule is O=C1CCC(N2Cc3c(OCc4cc5ccc(CN6CCCCC6)cc5o4)cccc3C2=O)C(=O)C1. The van der Waals surface area contributed by atoms with Crippen LogP contribution in [0.25, 0.3) is 11.0 Å². The van der Waals surface area contributed by atoms with E-state index in [1.165, 1.54) is 24.8 Å². The van der Waals surface area contributed by atoms with E-state index in [1.807, 2.05) is 12.1 Å². The Bertz CT molecular complexity index is 1340. The molecular weight excluding hydrogens is 456 g/mol. The number of carbonyl (C=O) groups excluding carboxylic acids is 3. The number of nitrogens with zero attached hydrogens (tertiary/aromatic N) is 2. The third-order valence-electron chi connectivity index (χ3n) is 7.63. The van der Waals surface area contributed by atoms with E-state index in [1.54, 1.807) is 17.0 Å². The third kappa shape index (κ3) is 4.44. The summed E-state index contributed by atoms with van der Waals surface area (Å²) in [4.78, 5) is 41.2. The first-order valence-electron chi connectivity index (χ1n) is 12.9. The number of Topliss-reactive ketones (excluding diaryl/α,β-unsaturated/α-hetero) is 2. The van der Waals surface area contributed by atoms with Gasteiger partial charge in [0, 0.05) is 29.5 Å². The van der Waals surface area contributed by atoms with Crippen molar-refractivity contribution in [1.29, 1.82) is 0 Å². The van der Waals surface area contributed by atoms with E-state index in [0.717, 1.165) is 41.9 Å². The number of furan rings is 1. The number of likely N-dealkylation sites (tertiary alicyclic amines) is 1. The molecule has 7 nitrogen and oxygen atoms in total. The first-order valence-corrected chi connectivity index (χ1v) is 12.9. The van der Waals surface area contributed by atoms with Gasteiger partial charge in [-0.25, -0.2) is 0 Å². The molecule has 36 heavy (non-hydrogen) atoms. The summed E-state index contributed by atoms with van der Waals surface area (Å²) in [5, 5.41) is 1.04. The molecule has 1 amide bonds. The molecule has 6 rings (SSSR count). The van der Waals surface area contributed by atoms with Gasteiger partial charge in [-0.15, -0.1) is 0 Å². The van der Waals surface area contributed by atoms with Crippen LogP contribution in [0.4, 0.5) is 0 Å². The highest BCUT2D eigenvalue weighted by atomic mass is 16.5. The van der Waals surface area contributed by atoms with Crippen LogP contribution < -0.4 is 4.74 Å². The van der Waals surface area contributed by atoms with Crippen LogP contribution in [0.2, 0.25) is 0 Å². The average molecular weight is 487 g/mol. The van der Waals surface area contributed by atoms with Gasteiger partial charge < -0.3 is 14.1 Å². The highest BCUT2D eigenvalue weighted by Gasteiger charge is 2.40. The normalized spacial score (nSPS) is 20.8. The molecule has 0 spiro atoms. The maximum absolute atomic E-state index is 13.1. The minimum Gasteiger partial charge on any atom is -0.485 e. The zero-order chi connectivity index (χ0) is 24.6. The maximum atomic E-state index is 13.1. The van der Waals surface area contributed by atoms with E-state index in [4.69, 9.17) is 9.15 Å². The van der Waals surface area contributed by atoms with Gasteiger partial charge in [0.1, 0.15) is 29.5 Å². The lowest BCUT2D eigenvalue weighted by Gasteiger charge is -2.29. The quantitative estimate of drug-likeness (QED) is 0.472. The number of piperidine rings is 1. The number of hydrogen-bond donors (Lipinski definition) is 0. The summed E-state index contributed by atoms with van der Waals surface area (Å²) in [5.74, 6) is 0.951. The van der Waals surface area contributed by atoms with E-state index in [2.05, 4.69) is 23.1 Å². The molecule has 1 aliphatic carbocycles. The Labute approximate surface area is 210 Å². The summed E-state index contributed by atoms with van der Waals surface area (Å²) in [6.45, 7) is 3.82. The number of ketones is 2. The van der Waals surface area contributed by atoms with Crippen LogP contribution in [0.3, 0.4) is 0 Å². The Balaban J connectivity index is 1.15. The molecule has 2 aromatic carbocycles. The van der Waals surface area contributed by atoms with E-state index >= 15 is 0 Å². The van der Waals surface area contributed by atoms with Crippen molar-refractivity contribution in [1.82, 2.24) is 9.80 Å². The molecule has 1 saturated carbocycles. The molecule has 0 N–H and O–H groups in total. The van der Waals surface area contributed by atoms with E-state index in [-0.39, 0.29) is 30.5 Å². The van der Waals surface area contributed by atoms with Crippen LogP contribution in [0.15, 0.2) is 46.9 Å². The number of benzene rings is 2. The van der Waals surface area contributed by atoms with Gasteiger partial charge in [-0.3, -0.25) is 19.3 Å². The van der Waals surface area contributed by atoms with Crippen molar-refractivity contribution < 1.29 is 23.5 Å². The molecule has 186 valence electrons. The zero-order valence-corrected chi connectivity index (χ0v) is 20.3. The summed E-state index contributed by atoms with van der Waals surface area (Å²) < 4.78 is 12.2. The summed E-state index contributed by atoms with van der Waals surface area (Å²) in [7, 11) is 0. The zero-order valence-electron chi connectivity index (χ0n) is 20.3. The van der Waals surface area contributed by atoms with Gasteiger partial charge in [0.2, 0.25) is 0 Å². The predicted molar refractivity (Wildman–Crippen MR) is 134 cm³/mol. The van der Waals surface area contributed by atoms with Gasteiger partial charge in [-0.2, -0.15) is 0 Å². The van der Waals surface area contributed by atoms with Crippen molar-refractivity contribution in [3.8, 4) is 5.75 Å². The summed E-state index contributed by atoms with van der Waals surface area (Å²) in [6, 6.07) is 13.3. The lowest BCUT2D eigenvalue weighted by molar-refractivity contribution is -0.133. The van der Waals surface area contributed by atoms with Crippen LogP contribution in [0.5, 0.6) is 5.75 Å². The molecular formula is C29H30N2O5. The molecule has 0 radical (unpaired) electrons. The summed E-state index contributed by atoms with van der Waals surface area (Å²) >= 11 is 0. The first kappa shape index (κ1) is 23.0. The standard InChI is InChI=1S/C29H30N2O5/c32-21-9-10-25(26(33)15-21)31-17-24-23(29(31)34)5-4-6-27(24)35-18-22-14-20-8-7-19(13-28(20)36-22)16-30-11-2-1-3-12-30/h4-8,13-14,25H,1-3,9-12,15-18H2. The summed E-state index contributed by atoms with van der Waals surface area (Å²) in [5.41, 5.74) is 3.45. The molecule has 1 atom stereocenters. The second-order valence-corrected chi connectivity index (χ2v) is 10.2. The van der Waals surface area contributed by atoms with Crippen LogP contribution >= 0.6 is 0 Å². The molecule has 0 bridgehead atoms. The first-order chi connectivity index (χ1) is 17.5. The molecule has 3 aliphatic rings. The van der Waals surface area contributed by atoms with E-state index in [9.17, 15) is 14.4 Å². The van der Waals surface area contributed by atoms with Gasteiger partial charge >= 0.3 is 0 Å². The Kier molecular flexibility index (Phi) is 6.09. The minimum atomic E-state index is -0.537. The second kappa shape index (κ2) is 9.54. The number of fused-ring (bicyclic) bond motifs is 2. The van der Waals surface area contributed by atoms with Gasteiger partial charge in [0.25, 0.3) is 5.91 Å². The highest BCUT2D eigenvalue weighted by Crippen LogP contribution is 2.35. The third-order valence-corrected chi connectivity index (χ3v) is 7.63. The second-order valence-electron chi connectivity index (χ2n) is 10.2. The number of ether oxygens (including phenoxy) is 1. The molecule has 1 saturated heterocycles. The number of rotatable bonds is 6. The molecule has 2 aliphatic heterocycles. The van der Waals surface area contributed by atoms with Crippen molar-refractivity contribution in [3.63, 3.8) is 0 Å². The van der Waals surface area contributed by atoms with Crippen molar-refractivity contribution in [2.45, 2.75) is 64.3 Å². The largest absolute Gasteiger partial charge is 0.485 e. The van der Waals surface area contributed by atoms with Gasteiger partial charge in [0.05, 0.1) is 19.0 Å². The van der Waals surface area contributed by atoms with Crippen LogP contribution in [0, 0.1) is 0 Å². The van der Waals surface area contributed by atoms with Crippen molar-refractivity contribution in [3.05, 3.63) is 64.9 Å². The number of hydrogen-bond acceptors (Lipinski definition) is 6. The fourth-order valence-electron chi connectivity index (χ4n) is 5.73. The molecule has 1 unspecified atom stereocenters. The Morgan fingerprint density at radius 3 is 2.69 bits per heavy atom. The molecule has 1 aromatic heterocycles. The number of carbonyl (C=O) groups is 3. The van der Waals surface area contributed by atoms with Crippen LogP contribution in [-0.2, 0) is 29.3 Å². The fraction of sp³-hybridized carbons (Fsp3) is 0.414. The molecule has 3 aromatic rings. The molecule has 3 heterocycles. The van der Waals surface area contributed by atoms with Gasteiger partial charge in [0.15, 0.2) is 5.78 Å². The summed E-state index contributed by atoms with van der Waals surface area (Å²) in [6.07, 6.45) is 4.52. The average Bonchev–Trinajstić information content (AvgIpc) is 3.44. The topological polar surface area (TPSA) is 80.1 Å². The van der Waals surface area contributed by atoms with Crippen molar-refractivity contribution in [2.24, 2.45) is 0 Å².